The van der Waals surface area contributed by atoms with Crippen molar-refractivity contribution in [1.82, 2.24) is 14.5 Å². The molecular formula is C13H20N4. The molecule has 2 rings (SSSR count). The normalized spacial score (nSPS) is 12.2. The fourth-order valence-corrected chi connectivity index (χ4v) is 2.18. The molecule has 92 valence electrons. The van der Waals surface area contributed by atoms with E-state index in [2.05, 4.69) is 35.3 Å². The van der Waals surface area contributed by atoms with E-state index in [1.165, 1.54) is 0 Å². The minimum atomic E-state index is -0.0128. The van der Waals surface area contributed by atoms with Crippen LogP contribution >= 0.6 is 0 Å². The molecule has 4 nitrogen and oxygen atoms in total. The molecule has 2 aromatic heterocycles. The molecule has 0 radical (unpaired) electrons. The van der Waals surface area contributed by atoms with Crippen molar-refractivity contribution in [2.45, 2.75) is 46.1 Å². The number of imidazole rings is 1. The van der Waals surface area contributed by atoms with E-state index in [0.717, 1.165) is 29.6 Å². The molecule has 0 saturated carbocycles. The Kier molecular flexibility index (Phi) is 2.81. The topological polar surface area (TPSA) is 56.7 Å². The molecule has 0 aliphatic heterocycles. The smallest absolute Gasteiger partial charge is 0.202 e. The summed E-state index contributed by atoms with van der Waals surface area (Å²) < 4.78 is 2.07. The van der Waals surface area contributed by atoms with Crippen LogP contribution in [0.15, 0.2) is 12.3 Å². The molecule has 2 heterocycles. The Bertz CT molecular complexity index is 538. The second-order valence-corrected chi connectivity index (χ2v) is 4.86. The lowest BCUT2D eigenvalue weighted by Gasteiger charge is -2.29. The zero-order chi connectivity index (χ0) is 12.6. The molecular weight excluding hydrogens is 212 g/mol. The second-order valence-electron chi connectivity index (χ2n) is 4.86. The fourth-order valence-electron chi connectivity index (χ4n) is 2.18. The number of nitrogens with zero attached hydrogens (tertiary/aromatic N) is 3. The average Bonchev–Trinajstić information content (AvgIpc) is 2.64. The minimum absolute atomic E-state index is 0.0128. The summed E-state index contributed by atoms with van der Waals surface area (Å²) in [6, 6.07) is 2.03. The van der Waals surface area contributed by atoms with E-state index in [4.69, 9.17) is 5.73 Å². The monoisotopic (exact) mass is 232 g/mol. The predicted octanol–water partition coefficient (Wildman–Crippen LogP) is 2.86. The van der Waals surface area contributed by atoms with Crippen LogP contribution in [0.5, 0.6) is 0 Å². The van der Waals surface area contributed by atoms with Gasteiger partial charge in [-0.05, 0) is 38.3 Å². The van der Waals surface area contributed by atoms with Gasteiger partial charge in [0.05, 0.1) is 0 Å². The van der Waals surface area contributed by atoms with E-state index in [9.17, 15) is 0 Å². The number of aromatic nitrogens is 3. The van der Waals surface area contributed by atoms with Gasteiger partial charge in [-0.3, -0.25) is 4.57 Å². The van der Waals surface area contributed by atoms with Crippen molar-refractivity contribution >= 4 is 17.1 Å². The number of rotatable bonds is 3. The molecule has 0 aliphatic carbocycles. The molecule has 4 heteroatoms. The Labute approximate surface area is 102 Å². The van der Waals surface area contributed by atoms with E-state index in [0.29, 0.717) is 5.95 Å². The first-order valence-electron chi connectivity index (χ1n) is 6.13. The minimum Gasteiger partial charge on any atom is -0.369 e. The third-order valence-electron chi connectivity index (χ3n) is 3.72. The fraction of sp³-hybridized carbons (Fsp3) is 0.538. The number of pyridine rings is 1. The lowest BCUT2D eigenvalue weighted by molar-refractivity contribution is 0.305. The molecule has 0 amide bonds. The molecule has 0 aliphatic rings. The molecule has 17 heavy (non-hydrogen) atoms. The van der Waals surface area contributed by atoms with Crippen LogP contribution in [-0.4, -0.2) is 14.5 Å². The number of hydrogen-bond acceptors (Lipinski definition) is 3. The number of aryl methyl sites for hydroxylation is 1. The molecule has 0 unspecified atom stereocenters. The average molecular weight is 232 g/mol. The van der Waals surface area contributed by atoms with Crippen LogP contribution in [0, 0.1) is 6.92 Å². The molecule has 0 bridgehead atoms. The van der Waals surface area contributed by atoms with Crippen molar-refractivity contribution in [2.75, 3.05) is 5.73 Å². The van der Waals surface area contributed by atoms with Crippen molar-refractivity contribution in [3.05, 3.63) is 17.8 Å². The highest BCUT2D eigenvalue weighted by Crippen LogP contribution is 2.31. The summed E-state index contributed by atoms with van der Waals surface area (Å²) in [6.07, 6.45) is 3.88. The number of nitrogens with two attached hydrogens (primary N) is 1. The second kappa shape index (κ2) is 4.02. The maximum Gasteiger partial charge on any atom is 0.202 e. The van der Waals surface area contributed by atoms with Gasteiger partial charge in [-0.2, -0.15) is 0 Å². The van der Waals surface area contributed by atoms with Crippen LogP contribution < -0.4 is 5.73 Å². The van der Waals surface area contributed by atoms with Gasteiger partial charge in [-0.1, -0.05) is 13.8 Å². The van der Waals surface area contributed by atoms with Crippen molar-refractivity contribution in [3.8, 4) is 0 Å². The Hall–Kier alpha value is -1.58. The Morgan fingerprint density at radius 3 is 2.59 bits per heavy atom. The number of hydrogen-bond donors (Lipinski definition) is 1. The van der Waals surface area contributed by atoms with Gasteiger partial charge >= 0.3 is 0 Å². The molecule has 0 fully saturated rings. The summed E-state index contributed by atoms with van der Waals surface area (Å²) >= 11 is 0. The predicted molar refractivity (Wildman–Crippen MR) is 70.9 cm³/mol. The maximum absolute atomic E-state index is 6.05. The number of anilines is 1. The van der Waals surface area contributed by atoms with E-state index in [1.54, 1.807) is 0 Å². The van der Waals surface area contributed by atoms with Crippen molar-refractivity contribution in [2.24, 2.45) is 0 Å². The zero-order valence-corrected chi connectivity index (χ0v) is 11.0. The maximum atomic E-state index is 6.05. The highest BCUT2D eigenvalue weighted by molar-refractivity contribution is 5.75. The van der Waals surface area contributed by atoms with Gasteiger partial charge in [0.15, 0.2) is 5.65 Å². The molecule has 0 saturated heterocycles. The summed E-state index contributed by atoms with van der Waals surface area (Å²) in [4.78, 5) is 8.90. The highest BCUT2D eigenvalue weighted by atomic mass is 15.2. The van der Waals surface area contributed by atoms with Gasteiger partial charge in [-0.15, -0.1) is 0 Å². The van der Waals surface area contributed by atoms with Crippen LogP contribution in [0.2, 0.25) is 0 Å². The van der Waals surface area contributed by atoms with E-state index >= 15 is 0 Å². The first-order valence-corrected chi connectivity index (χ1v) is 6.13. The zero-order valence-electron chi connectivity index (χ0n) is 11.0. The molecule has 2 N–H and O–H groups in total. The van der Waals surface area contributed by atoms with Crippen molar-refractivity contribution < 1.29 is 0 Å². The first kappa shape index (κ1) is 11.9. The third kappa shape index (κ3) is 1.77. The molecule has 0 atom stereocenters. The summed E-state index contributed by atoms with van der Waals surface area (Å²) in [5, 5.41) is 0. The van der Waals surface area contributed by atoms with Gasteiger partial charge in [0, 0.05) is 11.7 Å². The van der Waals surface area contributed by atoms with Gasteiger partial charge in [-0.25, -0.2) is 9.97 Å². The van der Waals surface area contributed by atoms with Gasteiger partial charge in [0.25, 0.3) is 0 Å². The van der Waals surface area contributed by atoms with Gasteiger partial charge in [0.1, 0.15) is 5.52 Å². The molecule has 0 aromatic carbocycles. The summed E-state index contributed by atoms with van der Waals surface area (Å²) in [6.45, 7) is 8.55. The van der Waals surface area contributed by atoms with Crippen molar-refractivity contribution in [3.63, 3.8) is 0 Å². The SMILES string of the molecule is CCC(C)(CC)n1c(N)nc2cc(C)cnc21. The summed E-state index contributed by atoms with van der Waals surface area (Å²) in [7, 11) is 0. The van der Waals surface area contributed by atoms with E-state index in [-0.39, 0.29) is 5.54 Å². The van der Waals surface area contributed by atoms with Crippen LogP contribution in [0.25, 0.3) is 11.2 Å². The Balaban J connectivity index is 2.73. The van der Waals surface area contributed by atoms with E-state index in [1.807, 2.05) is 19.2 Å². The van der Waals surface area contributed by atoms with Crippen LogP contribution in [-0.2, 0) is 5.54 Å². The Morgan fingerprint density at radius 1 is 1.35 bits per heavy atom. The number of nitrogen functional groups attached to an aromatic ring is 1. The van der Waals surface area contributed by atoms with Gasteiger partial charge in [0.2, 0.25) is 5.95 Å². The Morgan fingerprint density at radius 2 is 2.00 bits per heavy atom. The molecule has 0 spiro atoms. The van der Waals surface area contributed by atoms with E-state index < -0.39 is 0 Å². The lowest BCUT2D eigenvalue weighted by atomic mass is 9.95. The van der Waals surface area contributed by atoms with Crippen LogP contribution in [0.1, 0.15) is 39.2 Å². The lowest BCUT2D eigenvalue weighted by Crippen LogP contribution is -2.29. The largest absolute Gasteiger partial charge is 0.369 e. The molecule has 2 aromatic rings. The first-order chi connectivity index (χ1) is 8.01. The summed E-state index contributed by atoms with van der Waals surface area (Å²) in [5.41, 5.74) is 8.92. The van der Waals surface area contributed by atoms with Gasteiger partial charge < -0.3 is 5.73 Å². The quantitative estimate of drug-likeness (QED) is 0.885. The van der Waals surface area contributed by atoms with Crippen molar-refractivity contribution in [1.29, 1.82) is 0 Å². The highest BCUT2D eigenvalue weighted by Gasteiger charge is 2.27. The third-order valence-corrected chi connectivity index (χ3v) is 3.72. The number of fused-ring (bicyclic) bond motifs is 1. The van der Waals surface area contributed by atoms with Crippen LogP contribution in [0.4, 0.5) is 5.95 Å². The standard InChI is InChI=1S/C13H20N4/c1-5-13(4,6-2)17-11-10(16-12(17)14)7-9(3)8-15-11/h7-8H,5-6H2,1-4H3,(H2,14,16). The van der Waals surface area contributed by atoms with Crippen LogP contribution in [0.3, 0.4) is 0 Å². The summed E-state index contributed by atoms with van der Waals surface area (Å²) in [5.74, 6) is 0.560.